The average Bonchev–Trinajstić information content (AvgIpc) is 2.47. The molecule has 0 spiro atoms. The number of aryl methyl sites for hydroxylation is 2. The molecule has 1 heteroatoms. The van der Waals surface area contributed by atoms with Gasteiger partial charge in [0.05, 0.1) is 11.2 Å². The molecular formula is C18H15N. The molecule has 0 fully saturated rings. The van der Waals surface area contributed by atoms with Gasteiger partial charge in [0, 0.05) is 10.9 Å². The average molecular weight is 245 g/mol. The van der Waals surface area contributed by atoms with Gasteiger partial charge in [-0.2, -0.15) is 0 Å². The molecule has 1 nitrogen and oxygen atoms in total. The van der Waals surface area contributed by atoms with E-state index in [0.717, 1.165) is 18.4 Å². The Morgan fingerprint density at radius 1 is 0.895 bits per heavy atom. The number of hydrogen-bond acceptors (Lipinski definition) is 1. The first kappa shape index (κ1) is 10.7. The highest BCUT2D eigenvalue weighted by molar-refractivity contribution is 5.88. The lowest BCUT2D eigenvalue weighted by Gasteiger charge is -2.21. The quantitative estimate of drug-likeness (QED) is 0.575. The second kappa shape index (κ2) is 3.92. The molecule has 1 aromatic heterocycles. The highest BCUT2D eigenvalue weighted by atomic mass is 14.7. The molecule has 0 radical (unpaired) electrons. The van der Waals surface area contributed by atoms with Crippen molar-refractivity contribution in [3.8, 4) is 11.3 Å². The van der Waals surface area contributed by atoms with Gasteiger partial charge in [-0.15, -0.1) is 0 Å². The Hall–Kier alpha value is -2.15. The Balaban J connectivity index is 2.11. The first-order chi connectivity index (χ1) is 9.34. The maximum Gasteiger partial charge on any atom is 0.0747 e. The number of nitrogens with zero attached hydrogens (tertiary/aromatic N) is 1. The molecule has 1 aliphatic carbocycles. The van der Waals surface area contributed by atoms with E-state index in [1.807, 2.05) is 0 Å². The summed E-state index contributed by atoms with van der Waals surface area (Å²) in [6, 6.07) is 17.1. The fourth-order valence-electron chi connectivity index (χ4n) is 3.17. The van der Waals surface area contributed by atoms with Gasteiger partial charge in [0.25, 0.3) is 0 Å². The highest BCUT2D eigenvalue weighted by Crippen LogP contribution is 2.36. The maximum atomic E-state index is 4.92. The molecule has 0 saturated heterocycles. The van der Waals surface area contributed by atoms with E-state index in [4.69, 9.17) is 4.98 Å². The van der Waals surface area contributed by atoms with E-state index in [1.54, 1.807) is 0 Å². The van der Waals surface area contributed by atoms with E-state index in [1.165, 1.54) is 33.3 Å². The van der Waals surface area contributed by atoms with Crippen LogP contribution in [0.2, 0.25) is 0 Å². The van der Waals surface area contributed by atoms with Crippen LogP contribution in [0.15, 0.2) is 48.5 Å². The number of pyridine rings is 1. The smallest absolute Gasteiger partial charge is 0.0747 e. The number of para-hydroxylation sites is 1. The molecule has 0 bridgehead atoms. The predicted octanol–water partition coefficient (Wildman–Crippen LogP) is 4.31. The standard InChI is InChI=1S/C18H15N/c1-12-14-7-4-5-9-17(14)19-18-15(12)11-10-13-6-2-3-8-16(13)18/h2-9H,10-11H2,1H3. The van der Waals surface area contributed by atoms with Crippen molar-refractivity contribution in [1.29, 1.82) is 0 Å². The Bertz CT molecular complexity index is 787. The van der Waals surface area contributed by atoms with Gasteiger partial charge in [-0.1, -0.05) is 42.5 Å². The molecule has 2 aromatic carbocycles. The Morgan fingerprint density at radius 2 is 1.68 bits per heavy atom. The minimum Gasteiger partial charge on any atom is -0.247 e. The highest BCUT2D eigenvalue weighted by Gasteiger charge is 2.19. The first-order valence-corrected chi connectivity index (χ1v) is 6.81. The van der Waals surface area contributed by atoms with Crippen molar-refractivity contribution in [2.24, 2.45) is 0 Å². The summed E-state index contributed by atoms with van der Waals surface area (Å²) in [5, 5.41) is 1.29. The molecule has 1 aliphatic rings. The molecule has 0 atom stereocenters. The molecule has 92 valence electrons. The summed E-state index contributed by atoms with van der Waals surface area (Å²) in [6.45, 7) is 2.23. The third-order valence-electron chi connectivity index (χ3n) is 4.20. The molecule has 0 unspecified atom stereocenters. The lowest BCUT2D eigenvalue weighted by molar-refractivity contribution is 0.923. The van der Waals surface area contributed by atoms with Gasteiger partial charge >= 0.3 is 0 Å². The zero-order valence-electron chi connectivity index (χ0n) is 11.0. The fourth-order valence-corrected chi connectivity index (χ4v) is 3.17. The van der Waals surface area contributed by atoms with E-state index in [-0.39, 0.29) is 0 Å². The third-order valence-corrected chi connectivity index (χ3v) is 4.20. The summed E-state index contributed by atoms with van der Waals surface area (Å²) in [6.07, 6.45) is 2.24. The molecule has 0 N–H and O–H groups in total. The van der Waals surface area contributed by atoms with Crippen LogP contribution in [-0.4, -0.2) is 4.98 Å². The normalized spacial score (nSPS) is 13.1. The molecule has 3 aromatic rings. The van der Waals surface area contributed by atoms with Crippen molar-refractivity contribution in [2.45, 2.75) is 19.8 Å². The summed E-state index contributed by atoms with van der Waals surface area (Å²) >= 11 is 0. The van der Waals surface area contributed by atoms with Gasteiger partial charge in [0.1, 0.15) is 0 Å². The summed E-state index contributed by atoms with van der Waals surface area (Å²) in [5.41, 5.74) is 7.87. The monoisotopic (exact) mass is 245 g/mol. The topological polar surface area (TPSA) is 12.9 Å². The van der Waals surface area contributed by atoms with Gasteiger partial charge in [-0.05, 0) is 42.5 Å². The molecule has 0 amide bonds. The van der Waals surface area contributed by atoms with Gasteiger partial charge in [-0.3, -0.25) is 0 Å². The first-order valence-electron chi connectivity index (χ1n) is 6.81. The van der Waals surface area contributed by atoms with Crippen LogP contribution < -0.4 is 0 Å². The van der Waals surface area contributed by atoms with Crippen molar-refractivity contribution >= 4 is 10.9 Å². The number of hydrogen-bond donors (Lipinski definition) is 0. The van der Waals surface area contributed by atoms with E-state index in [9.17, 15) is 0 Å². The second-order valence-electron chi connectivity index (χ2n) is 5.24. The van der Waals surface area contributed by atoms with Gasteiger partial charge in [0.2, 0.25) is 0 Å². The van der Waals surface area contributed by atoms with Gasteiger partial charge < -0.3 is 0 Å². The van der Waals surface area contributed by atoms with Crippen LogP contribution >= 0.6 is 0 Å². The van der Waals surface area contributed by atoms with Crippen LogP contribution in [0.1, 0.15) is 16.7 Å². The van der Waals surface area contributed by atoms with E-state index in [0.29, 0.717) is 0 Å². The van der Waals surface area contributed by atoms with Gasteiger partial charge in [-0.25, -0.2) is 4.98 Å². The lowest BCUT2D eigenvalue weighted by atomic mass is 9.86. The number of benzene rings is 2. The van der Waals surface area contributed by atoms with Crippen LogP contribution in [0.25, 0.3) is 22.2 Å². The molecular weight excluding hydrogens is 230 g/mol. The summed E-state index contributed by atoms with van der Waals surface area (Å²) in [4.78, 5) is 4.92. The molecule has 4 rings (SSSR count). The van der Waals surface area contributed by atoms with Crippen LogP contribution in [0.3, 0.4) is 0 Å². The summed E-state index contributed by atoms with van der Waals surface area (Å²) in [5.74, 6) is 0. The van der Waals surface area contributed by atoms with Crippen LogP contribution in [0.5, 0.6) is 0 Å². The number of aromatic nitrogens is 1. The molecule has 1 heterocycles. The fraction of sp³-hybridized carbons (Fsp3) is 0.167. The Morgan fingerprint density at radius 3 is 2.63 bits per heavy atom. The van der Waals surface area contributed by atoms with Crippen molar-refractivity contribution in [2.75, 3.05) is 0 Å². The minimum absolute atomic E-state index is 1.11. The van der Waals surface area contributed by atoms with E-state index >= 15 is 0 Å². The van der Waals surface area contributed by atoms with Crippen molar-refractivity contribution in [3.05, 3.63) is 65.2 Å². The second-order valence-corrected chi connectivity index (χ2v) is 5.24. The molecule has 19 heavy (non-hydrogen) atoms. The third kappa shape index (κ3) is 1.51. The van der Waals surface area contributed by atoms with Crippen molar-refractivity contribution < 1.29 is 0 Å². The van der Waals surface area contributed by atoms with E-state index in [2.05, 4.69) is 55.5 Å². The molecule has 0 aliphatic heterocycles. The van der Waals surface area contributed by atoms with Crippen LogP contribution in [0.4, 0.5) is 0 Å². The van der Waals surface area contributed by atoms with Crippen molar-refractivity contribution in [1.82, 2.24) is 4.98 Å². The Kier molecular flexibility index (Phi) is 2.22. The van der Waals surface area contributed by atoms with Crippen LogP contribution in [-0.2, 0) is 12.8 Å². The van der Waals surface area contributed by atoms with Crippen molar-refractivity contribution in [3.63, 3.8) is 0 Å². The SMILES string of the molecule is Cc1c2c(nc3ccccc13)-c1ccccc1CC2. The predicted molar refractivity (Wildman–Crippen MR) is 79.3 cm³/mol. The number of fused-ring (bicyclic) bond motifs is 4. The van der Waals surface area contributed by atoms with Crippen LogP contribution in [0, 0.1) is 6.92 Å². The lowest BCUT2D eigenvalue weighted by Crippen LogP contribution is -2.08. The minimum atomic E-state index is 1.11. The number of rotatable bonds is 0. The van der Waals surface area contributed by atoms with E-state index < -0.39 is 0 Å². The zero-order valence-corrected chi connectivity index (χ0v) is 11.0. The summed E-state index contributed by atoms with van der Waals surface area (Å²) < 4.78 is 0. The zero-order chi connectivity index (χ0) is 12.8. The molecule has 0 saturated carbocycles. The largest absolute Gasteiger partial charge is 0.247 e. The maximum absolute atomic E-state index is 4.92. The summed E-state index contributed by atoms with van der Waals surface area (Å²) in [7, 11) is 0. The van der Waals surface area contributed by atoms with Gasteiger partial charge in [0.15, 0.2) is 0 Å². The Labute approximate surface area is 112 Å².